The van der Waals surface area contributed by atoms with Crippen LogP contribution >= 0.6 is 11.3 Å². The van der Waals surface area contributed by atoms with Crippen molar-refractivity contribution in [3.63, 3.8) is 0 Å². The van der Waals surface area contributed by atoms with E-state index in [1.165, 1.54) is 6.20 Å². The van der Waals surface area contributed by atoms with Crippen molar-refractivity contribution < 1.29 is 9.90 Å². The van der Waals surface area contributed by atoms with E-state index in [2.05, 4.69) is 17.0 Å². The van der Waals surface area contributed by atoms with E-state index in [4.69, 9.17) is 5.11 Å². The van der Waals surface area contributed by atoms with Crippen LogP contribution in [0.5, 0.6) is 0 Å². The van der Waals surface area contributed by atoms with Gasteiger partial charge in [0.15, 0.2) is 0 Å². The summed E-state index contributed by atoms with van der Waals surface area (Å²) >= 11 is 1.62. The first kappa shape index (κ1) is 11.8. The Hall–Kier alpha value is -1.69. The topological polar surface area (TPSA) is 68.0 Å². The quantitative estimate of drug-likeness (QED) is 0.901. The molecule has 2 aromatic heterocycles. The van der Waals surface area contributed by atoms with Gasteiger partial charge in [0.05, 0.1) is 29.1 Å². The molecule has 0 saturated carbocycles. The number of aromatic nitrogens is 3. The molecule has 2 rings (SSSR count). The van der Waals surface area contributed by atoms with Crippen LogP contribution in [-0.4, -0.2) is 25.8 Å². The van der Waals surface area contributed by atoms with Gasteiger partial charge in [-0.15, -0.1) is 11.3 Å². The molecule has 0 saturated heterocycles. The maximum Gasteiger partial charge on any atom is 0.339 e. The van der Waals surface area contributed by atoms with Crippen molar-refractivity contribution >= 4 is 17.3 Å². The lowest BCUT2D eigenvalue weighted by atomic mass is 10.3. The number of rotatable bonds is 4. The van der Waals surface area contributed by atoms with Crippen LogP contribution in [0.2, 0.25) is 0 Å². The Balaban J connectivity index is 2.21. The molecule has 2 aromatic rings. The van der Waals surface area contributed by atoms with Crippen molar-refractivity contribution in [3.8, 4) is 0 Å². The number of aryl methyl sites for hydroxylation is 1. The molecule has 0 spiro atoms. The summed E-state index contributed by atoms with van der Waals surface area (Å²) in [6.45, 7) is 4.34. The zero-order valence-corrected chi connectivity index (χ0v) is 10.5. The summed E-state index contributed by atoms with van der Waals surface area (Å²) in [6, 6.07) is 0. The van der Waals surface area contributed by atoms with E-state index in [0.717, 1.165) is 17.1 Å². The highest BCUT2D eigenvalue weighted by atomic mass is 32.1. The molecule has 1 N–H and O–H groups in total. The third kappa shape index (κ3) is 2.36. The standard InChI is InChI=1S/C11H13N3O2S/c1-3-10-13-8(6-17-10)5-14-7(2)9(4-12-14)11(15)16/h4,6H,3,5H2,1-2H3,(H,15,16). The van der Waals surface area contributed by atoms with E-state index in [1.54, 1.807) is 22.9 Å². The van der Waals surface area contributed by atoms with Gasteiger partial charge >= 0.3 is 5.97 Å². The largest absolute Gasteiger partial charge is 0.478 e. The lowest BCUT2D eigenvalue weighted by molar-refractivity contribution is 0.0696. The molecule has 0 bridgehead atoms. The number of carboxylic acids is 1. The first-order valence-electron chi connectivity index (χ1n) is 5.30. The van der Waals surface area contributed by atoms with Gasteiger partial charge in [-0.05, 0) is 13.3 Å². The molecule has 0 aliphatic rings. The normalized spacial score (nSPS) is 10.7. The Morgan fingerprint density at radius 1 is 1.59 bits per heavy atom. The third-order valence-corrected chi connectivity index (χ3v) is 3.59. The van der Waals surface area contributed by atoms with E-state index in [9.17, 15) is 4.79 Å². The summed E-state index contributed by atoms with van der Waals surface area (Å²) < 4.78 is 1.66. The van der Waals surface area contributed by atoms with Crippen LogP contribution in [0.4, 0.5) is 0 Å². The van der Waals surface area contributed by atoms with Gasteiger partial charge in [0.1, 0.15) is 5.56 Å². The van der Waals surface area contributed by atoms with Gasteiger partial charge in [0, 0.05) is 5.38 Å². The smallest absolute Gasteiger partial charge is 0.339 e. The first-order chi connectivity index (χ1) is 8.11. The molecule has 17 heavy (non-hydrogen) atoms. The minimum Gasteiger partial charge on any atom is -0.478 e. The average Bonchev–Trinajstić information content (AvgIpc) is 2.87. The van der Waals surface area contributed by atoms with Crippen LogP contribution in [0.1, 0.15) is 33.7 Å². The van der Waals surface area contributed by atoms with Crippen molar-refractivity contribution in [2.24, 2.45) is 0 Å². The van der Waals surface area contributed by atoms with Crippen molar-refractivity contribution in [3.05, 3.63) is 33.5 Å². The number of aromatic carboxylic acids is 1. The SMILES string of the molecule is CCc1nc(Cn2ncc(C(=O)O)c2C)cs1. The molecule has 0 atom stereocenters. The molecule has 0 unspecified atom stereocenters. The summed E-state index contributed by atoms with van der Waals surface area (Å²) in [7, 11) is 0. The van der Waals surface area contributed by atoms with Crippen LogP contribution < -0.4 is 0 Å². The highest BCUT2D eigenvalue weighted by Gasteiger charge is 2.13. The summed E-state index contributed by atoms with van der Waals surface area (Å²) in [5, 5.41) is 16.1. The second-order valence-corrected chi connectivity index (χ2v) is 4.64. The minimum atomic E-state index is -0.943. The summed E-state index contributed by atoms with van der Waals surface area (Å²) in [5.74, 6) is -0.943. The number of hydrogen-bond donors (Lipinski definition) is 1. The molecular weight excluding hydrogens is 238 g/mol. The highest BCUT2D eigenvalue weighted by molar-refractivity contribution is 7.09. The molecule has 90 valence electrons. The van der Waals surface area contributed by atoms with Gasteiger partial charge in [-0.25, -0.2) is 9.78 Å². The zero-order chi connectivity index (χ0) is 12.4. The lowest BCUT2D eigenvalue weighted by Gasteiger charge is -2.01. The van der Waals surface area contributed by atoms with Gasteiger partial charge in [0.25, 0.3) is 0 Å². The lowest BCUT2D eigenvalue weighted by Crippen LogP contribution is -2.06. The van der Waals surface area contributed by atoms with E-state index in [-0.39, 0.29) is 5.56 Å². The Morgan fingerprint density at radius 3 is 2.88 bits per heavy atom. The zero-order valence-electron chi connectivity index (χ0n) is 9.67. The van der Waals surface area contributed by atoms with E-state index in [0.29, 0.717) is 12.2 Å². The Labute approximate surface area is 103 Å². The van der Waals surface area contributed by atoms with Crippen LogP contribution in [0.25, 0.3) is 0 Å². The van der Waals surface area contributed by atoms with Gasteiger partial charge in [-0.3, -0.25) is 4.68 Å². The first-order valence-corrected chi connectivity index (χ1v) is 6.18. The molecule has 2 heterocycles. The predicted octanol–water partition coefficient (Wildman–Crippen LogP) is 1.96. The van der Waals surface area contributed by atoms with Gasteiger partial charge in [0.2, 0.25) is 0 Å². The number of hydrogen-bond acceptors (Lipinski definition) is 4. The average molecular weight is 251 g/mol. The van der Waals surface area contributed by atoms with E-state index >= 15 is 0 Å². The molecule has 0 fully saturated rings. The monoisotopic (exact) mass is 251 g/mol. The number of carboxylic acid groups (broad SMARTS) is 1. The van der Waals surface area contributed by atoms with E-state index < -0.39 is 5.97 Å². The molecule has 0 aliphatic carbocycles. The highest BCUT2D eigenvalue weighted by Crippen LogP contribution is 2.13. The molecule has 5 nitrogen and oxygen atoms in total. The fraction of sp³-hybridized carbons (Fsp3) is 0.364. The second-order valence-electron chi connectivity index (χ2n) is 3.69. The molecule has 0 amide bonds. The molecule has 6 heteroatoms. The fourth-order valence-corrected chi connectivity index (χ4v) is 2.29. The summed E-state index contributed by atoms with van der Waals surface area (Å²) in [5.41, 5.74) is 1.83. The van der Waals surface area contributed by atoms with Crippen molar-refractivity contribution in [1.29, 1.82) is 0 Å². The van der Waals surface area contributed by atoms with Gasteiger partial charge in [-0.2, -0.15) is 5.10 Å². The second kappa shape index (κ2) is 4.67. The number of nitrogens with zero attached hydrogens (tertiary/aromatic N) is 3. The van der Waals surface area contributed by atoms with Crippen LogP contribution in [0, 0.1) is 6.92 Å². The predicted molar refractivity (Wildman–Crippen MR) is 64.5 cm³/mol. The van der Waals surface area contributed by atoms with Crippen LogP contribution in [-0.2, 0) is 13.0 Å². The van der Waals surface area contributed by atoms with Crippen molar-refractivity contribution in [1.82, 2.24) is 14.8 Å². The fourth-order valence-electron chi connectivity index (χ4n) is 1.55. The number of carbonyl (C=O) groups is 1. The molecular formula is C11H13N3O2S. The van der Waals surface area contributed by atoms with Gasteiger partial charge in [-0.1, -0.05) is 6.92 Å². The van der Waals surface area contributed by atoms with Crippen LogP contribution in [0.15, 0.2) is 11.6 Å². The number of thiazole rings is 1. The Kier molecular flexibility index (Phi) is 3.23. The molecule has 0 radical (unpaired) electrons. The third-order valence-electron chi connectivity index (χ3n) is 2.55. The molecule has 0 aliphatic heterocycles. The molecule has 0 aromatic carbocycles. The van der Waals surface area contributed by atoms with Crippen molar-refractivity contribution in [2.45, 2.75) is 26.8 Å². The minimum absolute atomic E-state index is 0.246. The van der Waals surface area contributed by atoms with E-state index in [1.807, 2.05) is 5.38 Å². The Bertz CT molecular complexity index is 545. The maximum absolute atomic E-state index is 10.9. The van der Waals surface area contributed by atoms with Crippen molar-refractivity contribution in [2.75, 3.05) is 0 Å². The van der Waals surface area contributed by atoms with Crippen LogP contribution in [0.3, 0.4) is 0 Å². The van der Waals surface area contributed by atoms with Gasteiger partial charge < -0.3 is 5.11 Å². The Morgan fingerprint density at radius 2 is 2.35 bits per heavy atom. The maximum atomic E-state index is 10.9. The summed E-state index contributed by atoms with van der Waals surface area (Å²) in [6.07, 6.45) is 2.30. The summed E-state index contributed by atoms with van der Waals surface area (Å²) in [4.78, 5) is 15.3.